The highest BCUT2D eigenvalue weighted by molar-refractivity contribution is 5.31. The van der Waals surface area contributed by atoms with E-state index in [0.717, 1.165) is 62.3 Å². The minimum atomic E-state index is 0.435. The van der Waals surface area contributed by atoms with Gasteiger partial charge in [0.2, 0.25) is 5.95 Å². The van der Waals surface area contributed by atoms with Crippen LogP contribution in [0.25, 0.3) is 0 Å². The predicted octanol–water partition coefficient (Wildman–Crippen LogP) is 2.16. The fourth-order valence-corrected chi connectivity index (χ4v) is 3.62. The minimum absolute atomic E-state index is 0.435. The van der Waals surface area contributed by atoms with E-state index in [1.54, 1.807) is 0 Å². The van der Waals surface area contributed by atoms with Gasteiger partial charge in [-0.25, -0.2) is 19.9 Å². The molecular weight excluding hydrogens is 300 g/mol. The van der Waals surface area contributed by atoms with Crippen molar-refractivity contribution in [2.24, 2.45) is 0 Å². The van der Waals surface area contributed by atoms with Gasteiger partial charge in [-0.05, 0) is 44.9 Å². The van der Waals surface area contributed by atoms with Gasteiger partial charge in [0.05, 0.1) is 5.69 Å². The second-order valence-corrected chi connectivity index (χ2v) is 6.82. The maximum Gasteiger partial charge on any atom is 0.225 e. The van der Waals surface area contributed by atoms with Gasteiger partial charge >= 0.3 is 0 Å². The second-order valence-electron chi connectivity index (χ2n) is 6.82. The lowest BCUT2D eigenvalue weighted by Gasteiger charge is -2.18. The Hall–Kier alpha value is -2.08. The first kappa shape index (κ1) is 15.4. The second kappa shape index (κ2) is 6.81. The first-order valence-corrected chi connectivity index (χ1v) is 8.87. The van der Waals surface area contributed by atoms with Crippen LogP contribution in [0, 0.1) is 6.92 Å². The Kier molecular flexibility index (Phi) is 4.38. The molecule has 0 aliphatic carbocycles. The van der Waals surface area contributed by atoms with E-state index < -0.39 is 0 Å². The summed E-state index contributed by atoms with van der Waals surface area (Å²) in [6.07, 6.45) is 7.38. The lowest BCUT2D eigenvalue weighted by atomic mass is 10.1. The number of anilines is 1. The third-order valence-electron chi connectivity index (χ3n) is 4.93. The van der Waals surface area contributed by atoms with Crippen LogP contribution < -0.4 is 4.90 Å². The van der Waals surface area contributed by atoms with Crippen molar-refractivity contribution in [1.29, 1.82) is 0 Å². The minimum Gasteiger partial charge on any atom is -0.341 e. The van der Waals surface area contributed by atoms with Crippen LogP contribution in [0.15, 0.2) is 24.5 Å². The molecule has 6 heteroatoms. The molecule has 4 heterocycles. The Morgan fingerprint density at radius 2 is 1.88 bits per heavy atom. The monoisotopic (exact) mass is 324 g/mol. The molecule has 0 unspecified atom stereocenters. The van der Waals surface area contributed by atoms with Crippen LogP contribution in [0.3, 0.4) is 0 Å². The molecule has 2 aromatic heterocycles. The average molecular weight is 324 g/mol. The normalized spacial score (nSPS) is 21.5. The van der Waals surface area contributed by atoms with Crippen LogP contribution >= 0.6 is 0 Å². The molecule has 0 N–H and O–H groups in total. The molecular formula is C18H24N6. The SMILES string of the molecule is Cc1ccnc([C@H]2CCN(Cc3ccnc(N4CCCC4)n3)C2)n1. The number of rotatable bonds is 4. The Balaban J connectivity index is 1.40. The van der Waals surface area contributed by atoms with E-state index in [1.807, 2.05) is 31.5 Å². The highest BCUT2D eigenvalue weighted by atomic mass is 15.3. The molecule has 2 aliphatic heterocycles. The van der Waals surface area contributed by atoms with Gasteiger partial charge in [-0.3, -0.25) is 4.90 Å². The predicted molar refractivity (Wildman–Crippen MR) is 92.9 cm³/mol. The van der Waals surface area contributed by atoms with E-state index >= 15 is 0 Å². The molecule has 6 nitrogen and oxygen atoms in total. The molecule has 24 heavy (non-hydrogen) atoms. The maximum absolute atomic E-state index is 4.77. The van der Waals surface area contributed by atoms with Gasteiger partial charge in [-0.15, -0.1) is 0 Å². The van der Waals surface area contributed by atoms with E-state index in [0.29, 0.717) is 5.92 Å². The van der Waals surface area contributed by atoms with Gasteiger partial charge in [0.1, 0.15) is 5.82 Å². The lowest BCUT2D eigenvalue weighted by molar-refractivity contribution is 0.321. The molecule has 0 saturated carbocycles. The van der Waals surface area contributed by atoms with Crippen LogP contribution in [0.4, 0.5) is 5.95 Å². The molecule has 2 saturated heterocycles. The molecule has 0 aromatic carbocycles. The van der Waals surface area contributed by atoms with Crippen LogP contribution in [-0.4, -0.2) is 51.0 Å². The quantitative estimate of drug-likeness (QED) is 0.859. The van der Waals surface area contributed by atoms with Crippen molar-refractivity contribution in [2.45, 2.75) is 38.6 Å². The first-order valence-electron chi connectivity index (χ1n) is 8.87. The van der Waals surface area contributed by atoms with Crippen molar-refractivity contribution in [2.75, 3.05) is 31.1 Å². The van der Waals surface area contributed by atoms with Crippen molar-refractivity contribution in [3.05, 3.63) is 41.7 Å². The molecule has 1 atom stereocenters. The van der Waals surface area contributed by atoms with Crippen molar-refractivity contribution in [3.63, 3.8) is 0 Å². The Morgan fingerprint density at radius 3 is 2.71 bits per heavy atom. The molecule has 0 bridgehead atoms. The van der Waals surface area contributed by atoms with Gasteiger partial charge in [0, 0.05) is 50.2 Å². The number of hydrogen-bond donors (Lipinski definition) is 0. The summed E-state index contributed by atoms with van der Waals surface area (Å²) in [6.45, 7) is 7.15. The summed E-state index contributed by atoms with van der Waals surface area (Å²) in [5.41, 5.74) is 2.15. The van der Waals surface area contributed by atoms with Crippen LogP contribution in [0.2, 0.25) is 0 Å². The fraction of sp³-hybridized carbons (Fsp3) is 0.556. The topological polar surface area (TPSA) is 58.0 Å². The highest BCUT2D eigenvalue weighted by Gasteiger charge is 2.26. The van der Waals surface area contributed by atoms with Gasteiger partial charge in [0.25, 0.3) is 0 Å². The van der Waals surface area contributed by atoms with E-state index in [9.17, 15) is 0 Å². The molecule has 126 valence electrons. The summed E-state index contributed by atoms with van der Waals surface area (Å²) in [4.78, 5) is 23.0. The summed E-state index contributed by atoms with van der Waals surface area (Å²) in [7, 11) is 0. The molecule has 2 aromatic rings. The summed E-state index contributed by atoms with van der Waals surface area (Å²) < 4.78 is 0. The Morgan fingerprint density at radius 1 is 1.04 bits per heavy atom. The van der Waals surface area contributed by atoms with Crippen molar-refractivity contribution in [1.82, 2.24) is 24.8 Å². The summed E-state index contributed by atoms with van der Waals surface area (Å²) in [5.74, 6) is 2.31. The highest BCUT2D eigenvalue weighted by Crippen LogP contribution is 2.26. The molecule has 0 radical (unpaired) electrons. The van der Waals surface area contributed by atoms with Crippen molar-refractivity contribution in [3.8, 4) is 0 Å². The third-order valence-corrected chi connectivity index (χ3v) is 4.93. The molecule has 0 spiro atoms. The zero-order valence-electron chi connectivity index (χ0n) is 14.2. The van der Waals surface area contributed by atoms with Crippen LogP contribution in [0.1, 0.15) is 42.4 Å². The molecule has 2 fully saturated rings. The van der Waals surface area contributed by atoms with Crippen molar-refractivity contribution < 1.29 is 0 Å². The van der Waals surface area contributed by atoms with Crippen molar-refractivity contribution >= 4 is 5.95 Å². The van der Waals surface area contributed by atoms with Gasteiger partial charge in [-0.1, -0.05) is 0 Å². The van der Waals surface area contributed by atoms with Gasteiger partial charge < -0.3 is 4.90 Å². The average Bonchev–Trinajstić information content (AvgIpc) is 3.27. The number of aromatic nitrogens is 4. The first-order chi connectivity index (χ1) is 11.8. The Labute approximate surface area is 143 Å². The summed E-state index contributed by atoms with van der Waals surface area (Å²) in [6, 6.07) is 3.99. The van der Waals surface area contributed by atoms with E-state index in [-0.39, 0.29) is 0 Å². The van der Waals surface area contributed by atoms with E-state index in [1.165, 1.54) is 12.8 Å². The number of hydrogen-bond acceptors (Lipinski definition) is 6. The summed E-state index contributed by atoms with van der Waals surface area (Å²) >= 11 is 0. The van der Waals surface area contributed by atoms with E-state index in [2.05, 4.69) is 24.8 Å². The van der Waals surface area contributed by atoms with Gasteiger partial charge in [0.15, 0.2) is 0 Å². The van der Waals surface area contributed by atoms with E-state index in [4.69, 9.17) is 4.98 Å². The third kappa shape index (κ3) is 3.38. The Bertz CT molecular complexity index is 697. The number of likely N-dealkylation sites (tertiary alicyclic amines) is 1. The molecule has 0 amide bonds. The molecule has 2 aliphatic rings. The zero-order valence-corrected chi connectivity index (χ0v) is 14.2. The molecule has 4 rings (SSSR count). The fourth-order valence-electron chi connectivity index (χ4n) is 3.62. The maximum atomic E-state index is 4.77. The van der Waals surface area contributed by atoms with Crippen LogP contribution in [0.5, 0.6) is 0 Å². The number of aryl methyl sites for hydroxylation is 1. The van der Waals surface area contributed by atoms with Gasteiger partial charge in [-0.2, -0.15) is 0 Å². The largest absolute Gasteiger partial charge is 0.341 e. The zero-order chi connectivity index (χ0) is 16.4. The number of nitrogens with zero attached hydrogens (tertiary/aromatic N) is 6. The lowest BCUT2D eigenvalue weighted by Crippen LogP contribution is -2.23. The standard InChI is InChI=1S/C18H24N6/c1-14-4-7-19-17(21-14)15-6-11-23(12-15)13-16-5-8-20-18(22-16)24-9-2-3-10-24/h4-5,7-8,15H,2-3,6,9-13H2,1H3/t15-/m0/s1. The van der Waals surface area contributed by atoms with Crippen LogP contribution in [-0.2, 0) is 6.54 Å². The summed E-state index contributed by atoms with van der Waals surface area (Å²) in [5, 5.41) is 0. The smallest absolute Gasteiger partial charge is 0.225 e.